The summed E-state index contributed by atoms with van der Waals surface area (Å²) in [5.74, 6) is -0.575. The molecule has 0 saturated carbocycles. The van der Waals surface area contributed by atoms with E-state index in [4.69, 9.17) is 0 Å². The predicted octanol–water partition coefficient (Wildman–Crippen LogP) is 3.05. The van der Waals surface area contributed by atoms with Gasteiger partial charge in [0.2, 0.25) is 0 Å². The summed E-state index contributed by atoms with van der Waals surface area (Å²) >= 11 is 0. The van der Waals surface area contributed by atoms with Crippen LogP contribution in [0.15, 0.2) is 65.8 Å². The first-order valence-corrected chi connectivity index (χ1v) is 11.3. The van der Waals surface area contributed by atoms with E-state index in [1.807, 2.05) is 10.6 Å². The summed E-state index contributed by atoms with van der Waals surface area (Å²) in [5.41, 5.74) is 3.12. The summed E-state index contributed by atoms with van der Waals surface area (Å²) in [6, 6.07) is 12.9. The monoisotopic (exact) mass is 438 g/mol. The quantitative estimate of drug-likeness (QED) is 0.517. The molecule has 0 aliphatic rings. The van der Waals surface area contributed by atoms with Crippen molar-refractivity contribution in [2.24, 2.45) is 0 Å². The molecule has 0 atom stereocenters. The maximum absolute atomic E-state index is 13.3. The minimum Gasteiger partial charge on any atom is -0.355 e. The van der Waals surface area contributed by atoms with Gasteiger partial charge < -0.3 is 9.88 Å². The van der Waals surface area contributed by atoms with Crippen molar-refractivity contribution in [2.75, 3.05) is 13.3 Å². The molecular formula is C22H19FN4O3S. The number of carbonyl (C=O) groups is 1. The van der Waals surface area contributed by atoms with Crippen molar-refractivity contribution in [3.05, 3.63) is 77.9 Å². The normalized spacial score (nSPS) is 11.6. The van der Waals surface area contributed by atoms with Gasteiger partial charge in [-0.2, -0.15) is 0 Å². The summed E-state index contributed by atoms with van der Waals surface area (Å²) in [5, 5.41) is 3.19. The van der Waals surface area contributed by atoms with Gasteiger partial charge in [-0.3, -0.25) is 9.78 Å². The Morgan fingerprint density at radius 2 is 1.81 bits per heavy atom. The third-order valence-corrected chi connectivity index (χ3v) is 5.99. The second-order valence-corrected chi connectivity index (χ2v) is 9.13. The van der Waals surface area contributed by atoms with Gasteiger partial charge in [-0.15, -0.1) is 0 Å². The average molecular weight is 438 g/mol. The number of halogens is 1. The largest absolute Gasteiger partial charge is 0.355 e. The van der Waals surface area contributed by atoms with E-state index in [1.54, 1.807) is 37.4 Å². The van der Waals surface area contributed by atoms with Crippen LogP contribution in [0.5, 0.6) is 0 Å². The van der Waals surface area contributed by atoms with Crippen molar-refractivity contribution in [1.29, 1.82) is 0 Å². The fourth-order valence-electron chi connectivity index (χ4n) is 3.30. The number of aromatic nitrogens is 3. The molecule has 158 valence electrons. The number of benzene rings is 1. The van der Waals surface area contributed by atoms with E-state index in [-0.39, 0.29) is 16.6 Å². The molecule has 1 N–H and O–H groups in total. The summed E-state index contributed by atoms with van der Waals surface area (Å²) < 4.78 is 39.1. The van der Waals surface area contributed by atoms with E-state index < -0.39 is 9.84 Å². The SMILES string of the molecule is CNC(=O)c1ccc(-c2cc3cc(S(C)(=O)=O)cnc3n2Cc2ccc(F)cc2)nc1. The fraction of sp³-hybridized carbons (Fsp3) is 0.136. The van der Waals surface area contributed by atoms with Crippen molar-refractivity contribution in [3.8, 4) is 11.4 Å². The van der Waals surface area contributed by atoms with Crippen molar-refractivity contribution < 1.29 is 17.6 Å². The van der Waals surface area contributed by atoms with Crippen LogP contribution in [0.25, 0.3) is 22.4 Å². The Balaban J connectivity index is 1.87. The molecule has 3 aromatic heterocycles. The van der Waals surface area contributed by atoms with Crippen LogP contribution in [0.4, 0.5) is 4.39 Å². The lowest BCUT2D eigenvalue weighted by atomic mass is 10.2. The van der Waals surface area contributed by atoms with Gasteiger partial charge in [0.1, 0.15) is 11.5 Å². The lowest BCUT2D eigenvalue weighted by Crippen LogP contribution is -2.17. The van der Waals surface area contributed by atoms with E-state index in [0.717, 1.165) is 11.8 Å². The number of hydrogen-bond donors (Lipinski definition) is 1. The zero-order valence-electron chi connectivity index (χ0n) is 16.8. The Bertz CT molecular complexity index is 1380. The molecule has 3 heterocycles. The third kappa shape index (κ3) is 4.17. The van der Waals surface area contributed by atoms with Gasteiger partial charge >= 0.3 is 0 Å². The summed E-state index contributed by atoms with van der Waals surface area (Å²) in [6.45, 7) is 0.378. The highest BCUT2D eigenvalue weighted by Gasteiger charge is 2.17. The molecule has 4 rings (SSSR count). The number of rotatable bonds is 5. The van der Waals surface area contributed by atoms with E-state index >= 15 is 0 Å². The van der Waals surface area contributed by atoms with Crippen LogP contribution < -0.4 is 5.32 Å². The van der Waals surface area contributed by atoms with Crippen LogP contribution in [-0.2, 0) is 16.4 Å². The van der Waals surface area contributed by atoms with Crippen LogP contribution in [0, 0.1) is 5.82 Å². The van der Waals surface area contributed by atoms with Crippen LogP contribution in [0.3, 0.4) is 0 Å². The van der Waals surface area contributed by atoms with Crippen molar-refractivity contribution in [3.63, 3.8) is 0 Å². The first kappa shape index (κ1) is 20.7. The molecule has 0 aliphatic heterocycles. The molecule has 4 aromatic rings. The predicted molar refractivity (Wildman–Crippen MR) is 115 cm³/mol. The van der Waals surface area contributed by atoms with Gasteiger partial charge in [-0.05, 0) is 42.0 Å². The molecule has 7 nitrogen and oxygen atoms in total. The van der Waals surface area contributed by atoms with Crippen LogP contribution >= 0.6 is 0 Å². The Hall–Kier alpha value is -3.59. The maximum atomic E-state index is 13.3. The van der Waals surface area contributed by atoms with Gasteiger partial charge in [-0.25, -0.2) is 17.8 Å². The van der Waals surface area contributed by atoms with Gasteiger partial charge in [0, 0.05) is 37.6 Å². The first-order valence-electron chi connectivity index (χ1n) is 9.38. The molecule has 0 bridgehead atoms. The van der Waals surface area contributed by atoms with Gasteiger partial charge in [0.15, 0.2) is 9.84 Å². The molecule has 0 fully saturated rings. The highest BCUT2D eigenvalue weighted by atomic mass is 32.2. The maximum Gasteiger partial charge on any atom is 0.252 e. The zero-order valence-corrected chi connectivity index (χ0v) is 17.6. The van der Waals surface area contributed by atoms with Crippen molar-refractivity contribution in [2.45, 2.75) is 11.4 Å². The van der Waals surface area contributed by atoms with E-state index in [2.05, 4.69) is 15.3 Å². The Labute approximate surface area is 178 Å². The molecule has 9 heteroatoms. The highest BCUT2D eigenvalue weighted by Crippen LogP contribution is 2.28. The van der Waals surface area contributed by atoms with Crippen LogP contribution in [0.1, 0.15) is 15.9 Å². The summed E-state index contributed by atoms with van der Waals surface area (Å²) in [4.78, 5) is 20.7. The van der Waals surface area contributed by atoms with Crippen molar-refractivity contribution in [1.82, 2.24) is 19.9 Å². The van der Waals surface area contributed by atoms with E-state index in [1.165, 1.54) is 24.5 Å². The molecule has 0 aliphatic carbocycles. The van der Waals surface area contributed by atoms with Crippen LogP contribution in [0.2, 0.25) is 0 Å². The fourth-order valence-corrected chi connectivity index (χ4v) is 3.88. The number of amides is 1. The lowest BCUT2D eigenvalue weighted by Gasteiger charge is -2.11. The Kier molecular flexibility index (Phi) is 5.28. The molecule has 1 aromatic carbocycles. The minimum absolute atomic E-state index is 0.119. The molecule has 1 amide bonds. The van der Waals surface area contributed by atoms with Crippen LogP contribution in [-0.4, -0.2) is 42.2 Å². The smallest absolute Gasteiger partial charge is 0.252 e. The lowest BCUT2D eigenvalue weighted by molar-refractivity contribution is 0.0962. The molecule has 0 radical (unpaired) electrons. The topological polar surface area (TPSA) is 94.0 Å². The van der Waals surface area contributed by atoms with Gasteiger partial charge in [-0.1, -0.05) is 12.1 Å². The molecule has 0 saturated heterocycles. The molecule has 31 heavy (non-hydrogen) atoms. The number of sulfone groups is 1. The first-order chi connectivity index (χ1) is 14.8. The molecule has 0 spiro atoms. The molecular weight excluding hydrogens is 419 g/mol. The Morgan fingerprint density at radius 1 is 1.06 bits per heavy atom. The minimum atomic E-state index is -3.42. The highest BCUT2D eigenvalue weighted by molar-refractivity contribution is 7.90. The number of carbonyl (C=O) groups excluding carboxylic acids is 1. The third-order valence-electron chi connectivity index (χ3n) is 4.91. The van der Waals surface area contributed by atoms with E-state index in [0.29, 0.717) is 34.5 Å². The number of hydrogen-bond acceptors (Lipinski definition) is 5. The van der Waals surface area contributed by atoms with Gasteiger partial charge in [0.25, 0.3) is 5.91 Å². The number of fused-ring (bicyclic) bond motifs is 1. The number of nitrogens with zero attached hydrogens (tertiary/aromatic N) is 3. The Morgan fingerprint density at radius 3 is 2.42 bits per heavy atom. The average Bonchev–Trinajstić information content (AvgIpc) is 3.12. The second-order valence-electron chi connectivity index (χ2n) is 7.11. The van der Waals surface area contributed by atoms with Crippen molar-refractivity contribution >= 4 is 26.8 Å². The van der Waals surface area contributed by atoms with E-state index in [9.17, 15) is 17.6 Å². The summed E-state index contributed by atoms with van der Waals surface area (Å²) in [7, 11) is -1.87. The molecule has 0 unspecified atom stereocenters. The number of nitrogens with one attached hydrogen (secondary N) is 1. The number of pyridine rings is 2. The zero-order chi connectivity index (χ0) is 22.2. The standard InChI is InChI=1S/C22H19FN4O3S/c1-24-22(28)15-5-8-19(25-11-15)20-10-16-9-18(31(2,29)30)12-26-21(16)27(20)13-14-3-6-17(23)7-4-14/h3-12H,13H2,1-2H3,(H,24,28). The van der Waals surface area contributed by atoms with Gasteiger partial charge in [0.05, 0.1) is 21.8 Å². The second kappa shape index (κ2) is 7.92. The summed E-state index contributed by atoms with van der Waals surface area (Å²) in [6.07, 6.45) is 3.93.